The molecule has 3 heterocycles. The smallest absolute Gasteiger partial charge is 0.234 e. The number of ether oxygens (including phenoxy) is 1. The van der Waals surface area contributed by atoms with Crippen molar-refractivity contribution in [2.75, 3.05) is 13.6 Å². The second-order valence-corrected chi connectivity index (χ2v) is 7.61. The molecule has 0 radical (unpaired) electrons. The van der Waals surface area contributed by atoms with E-state index in [-0.39, 0.29) is 18.4 Å². The quantitative estimate of drug-likeness (QED) is 0.602. The Hall–Kier alpha value is -3.00. The van der Waals surface area contributed by atoms with Crippen LogP contribution in [0.4, 0.5) is 0 Å². The third-order valence-corrected chi connectivity index (χ3v) is 5.27. The van der Waals surface area contributed by atoms with Crippen molar-refractivity contribution in [3.63, 3.8) is 0 Å². The molecule has 4 rings (SSSR count). The van der Waals surface area contributed by atoms with Crippen LogP contribution in [0.25, 0.3) is 10.9 Å². The van der Waals surface area contributed by atoms with E-state index in [0.29, 0.717) is 36.0 Å². The third-order valence-electron chi connectivity index (χ3n) is 4.97. The number of nitrogens with zero attached hydrogens (tertiary/aromatic N) is 2. The van der Waals surface area contributed by atoms with E-state index < -0.39 is 5.92 Å². The van der Waals surface area contributed by atoms with Gasteiger partial charge in [-0.05, 0) is 25.5 Å². The van der Waals surface area contributed by atoms with Gasteiger partial charge in [0.2, 0.25) is 11.8 Å². The number of halogens is 1. The van der Waals surface area contributed by atoms with Crippen molar-refractivity contribution in [1.82, 2.24) is 20.4 Å². The zero-order valence-electron chi connectivity index (χ0n) is 16.1. The van der Waals surface area contributed by atoms with Gasteiger partial charge < -0.3 is 24.5 Å². The molecule has 2 N–H and O–H groups in total. The lowest BCUT2D eigenvalue weighted by Crippen LogP contribution is -2.35. The first-order chi connectivity index (χ1) is 13.9. The fourth-order valence-corrected chi connectivity index (χ4v) is 3.63. The number of H-pyrrole nitrogens is 1. The predicted octanol–water partition coefficient (Wildman–Crippen LogP) is 2.79. The maximum absolute atomic E-state index is 12.3. The molecule has 1 atom stereocenters. The first-order valence-electron chi connectivity index (χ1n) is 9.29. The zero-order valence-corrected chi connectivity index (χ0v) is 16.9. The van der Waals surface area contributed by atoms with Gasteiger partial charge in [-0.25, -0.2) is 0 Å². The summed E-state index contributed by atoms with van der Waals surface area (Å²) in [6.07, 6.45) is 0.550. The second kappa shape index (κ2) is 7.79. The molecule has 1 aliphatic rings. The Bertz CT molecular complexity index is 1070. The number of benzene rings is 1. The number of carbonyl (C=O) groups is 2. The highest BCUT2D eigenvalue weighted by Crippen LogP contribution is 2.31. The Morgan fingerprint density at radius 1 is 1.41 bits per heavy atom. The molecule has 0 spiro atoms. The van der Waals surface area contributed by atoms with Gasteiger partial charge in [-0.2, -0.15) is 0 Å². The van der Waals surface area contributed by atoms with Gasteiger partial charge in [-0.3, -0.25) is 9.59 Å². The Morgan fingerprint density at radius 2 is 2.24 bits per heavy atom. The number of carbonyl (C=O) groups excluding carboxylic acids is 2. The Kier molecular flexibility index (Phi) is 5.19. The van der Waals surface area contributed by atoms with Gasteiger partial charge in [0.25, 0.3) is 0 Å². The number of aryl methyl sites for hydroxylation is 1. The predicted molar refractivity (Wildman–Crippen MR) is 106 cm³/mol. The van der Waals surface area contributed by atoms with Crippen LogP contribution in [0.1, 0.15) is 23.6 Å². The van der Waals surface area contributed by atoms with E-state index in [1.54, 1.807) is 24.1 Å². The molecule has 2 amide bonds. The van der Waals surface area contributed by atoms with E-state index >= 15 is 0 Å². The van der Waals surface area contributed by atoms with E-state index in [0.717, 1.165) is 22.3 Å². The van der Waals surface area contributed by atoms with Crippen molar-refractivity contribution >= 4 is 34.3 Å². The van der Waals surface area contributed by atoms with Gasteiger partial charge in [0.15, 0.2) is 5.76 Å². The molecule has 1 fully saturated rings. The van der Waals surface area contributed by atoms with Crippen molar-refractivity contribution in [3.8, 4) is 5.75 Å². The first-order valence-corrected chi connectivity index (χ1v) is 9.67. The van der Waals surface area contributed by atoms with Crippen LogP contribution < -0.4 is 10.1 Å². The summed E-state index contributed by atoms with van der Waals surface area (Å²) in [5.41, 5.74) is 2.43. The summed E-state index contributed by atoms with van der Waals surface area (Å²) in [5, 5.41) is 8.03. The average Bonchev–Trinajstić information content (AvgIpc) is 3.37. The molecule has 1 saturated heterocycles. The van der Waals surface area contributed by atoms with Crippen LogP contribution in [-0.4, -0.2) is 40.4 Å². The molecule has 1 aliphatic heterocycles. The number of likely N-dealkylation sites (tertiary alicyclic amines) is 1. The molecule has 9 heteroatoms. The van der Waals surface area contributed by atoms with Crippen LogP contribution in [-0.2, 0) is 22.7 Å². The fourth-order valence-electron chi connectivity index (χ4n) is 3.40. The molecule has 2 aromatic heterocycles. The lowest BCUT2D eigenvalue weighted by Gasteiger charge is -2.10. The van der Waals surface area contributed by atoms with Gasteiger partial charge >= 0.3 is 0 Å². The Balaban J connectivity index is 1.42. The van der Waals surface area contributed by atoms with Gasteiger partial charge in [-0.1, -0.05) is 16.8 Å². The van der Waals surface area contributed by atoms with E-state index in [2.05, 4.69) is 15.5 Å². The SMILES string of the molecule is Cc1cc(COc2cc3[nH]c(CNC(=O)C4CCN(C)C4=O)cc3cc2Cl)on1. The number of hydrogen-bond donors (Lipinski definition) is 2. The molecule has 8 nitrogen and oxygen atoms in total. The van der Waals surface area contributed by atoms with E-state index in [1.165, 1.54) is 0 Å². The van der Waals surface area contributed by atoms with Crippen molar-refractivity contribution in [3.05, 3.63) is 46.4 Å². The molecule has 3 aromatic rings. The minimum absolute atomic E-state index is 0.130. The van der Waals surface area contributed by atoms with E-state index in [1.807, 2.05) is 19.1 Å². The summed E-state index contributed by atoms with van der Waals surface area (Å²) in [6.45, 7) is 2.97. The van der Waals surface area contributed by atoms with Gasteiger partial charge in [0.1, 0.15) is 18.3 Å². The Labute approximate surface area is 172 Å². The standard InChI is InChI=1S/C20H21ClN4O4/c1-11-5-14(29-24-11)10-28-18-8-17-12(7-16(18)21)6-13(23-17)9-22-19(26)15-3-4-25(2)20(15)27/h5-8,15,23H,3-4,9-10H2,1-2H3,(H,22,26). The van der Waals surface area contributed by atoms with Gasteiger partial charge in [-0.15, -0.1) is 0 Å². The van der Waals surface area contributed by atoms with Crippen molar-refractivity contribution in [1.29, 1.82) is 0 Å². The topological polar surface area (TPSA) is 100 Å². The molecule has 1 unspecified atom stereocenters. The number of rotatable bonds is 6. The van der Waals surface area contributed by atoms with Crippen LogP contribution in [0, 0.1) is 12.8 Å². The lowest BCUT2D eigenvalue weighted by molar-refractivity contribution is -0.137. The number of amides is 2. The van der Waals surface area contributed by atoms with Crippen LogP contribution in [0.5, 0.6) is 5.75 Å². The minimum atomic E-state index is -0.599. The molecular formula is C20H21ClN4O4. The number of nitrogens with one attached hydrogen (secondary N) is 2. The summed E-state index contributed by atoms with van der Waals surface area (Å²) in [5.74, 6) is 0.154. The lowest BCUT2D eigenvalue weighted by atomic mass is 10.1. The maximum Gasteiger partial charge on any atom is 0.234 e. The van der Waals surface area contributed by atoms with Crippen molar-refractivity contribution < 1.29 is 18.8 Å². The highest BCUT2D eigenvalue weighted by atomic mass is 35.5. The highest BCUT2D eigenvalue weighted by Gasteiger charge is 2.34. The molecule has 0 aliphatic carbocycles. The zero-order chi connectivity index (χ0) is 20.5. The summed E-state index contributed by atoms with van der Waals surface area (Å²) < 4.78 is 10.9. The number of hydrogen-bond acceptors (Lipinski definition) is 5. The molecule has 152 valence electrons. The fraction of sp³-hybridized carbons (Fsp3) is 0.350. The summed E-state index contributed by atoms with van der Waals surface area (Å²) in [7, 11) is 1.71. The largest absolute Gasteiger partial charge is 0.484 e. The average molecular weight is 417 g/mol. The van der Waals surface area contributed by atoms with Crippen LogP contribution in [0.2, 0.25) is 5.02 Å². The normalized spacial score (nSPS) is 16.6. The van der Waals surface area contributed by atoms with E-state index in [4.69, 9.17) is 20.9 Å². The number of fused-ring (bicyclic) bond motifs is 1. The molecule has 0 bridgehead atoms. The summed E-state index contributed by atoms with van der Waals surface area (Å²) in [4.78, 5) is 29.1. The molecule has 1 aromatic carbocycles. The minimum Gasteiger partial charge on any atom is -0.484 e. The van der Waals surface area contributed by atoms with Crippen LogP contribution in [0.15, 0.2) is 28.8 Å². The van der Waals surface area contributed by atoms with Crippen LogP contribution >= 0.6 is 11.6 Å². The van der Waals surface area contributed by atoms with Crippen LogP contribution in [0.3, 0.4) is 0 Å². The van der Waals surface area contributed by atoms with Gasteiger partial charge in [0.05, 0.1) is 17.3 Å². The summed E-state index contributed by atoms with van der Waals surface area (Å²) in [6, 6.07) is 7.32. The number of aromatic amines is 1. The number of aromatic nitrogens is 2. The molecular weight excluding hydrogens is 396 g/mol. The highest BCUT2D eigenvalue weighted by molar-refractivity contribution is 6.32. The third kappa shape index (κ3) is 4.07. The van der Waals surface area contributed by atoms with Crippen molar-refractivity contribution in [2.24, 2.45) is 5.92 Å². The monoisotopic (exact) mass is 416 g/mol. The molecule has 0 saturated carbocycles. The second-order valence-electron chi connectivity index (χ2n) is 7.21. The van der Waals surface area contributed by atoms with Gasteiger partial charge in [0, 0.05) is 42.3 Å². The molecule has 29 heavy (non-hydrogen) atoms. The van der Waals surface area contributed by atoms with E-state index in [9.17, 15) is 9.59 Å². The maximum atomic E-state index is 12.3. The Morgan fingerprint density at radius 3 is 2.93 bits per heavy atom. The summed E-state index contributed by atoms with van der Waals surface area (Å²) >= 11 is 6.33. The van der Waals surface area contributed by atoms with Crippen molar-refractivity contribution in [2.45, 2.75) is 26.5 Å². The first kappa shape index (κ1) is 19.3.